The smallest absolute Gasteiger partial charge is 0.407 e. The lowest BCUT2D eigenvalue weighted by atomic mass is 9.81. The molecule has 0 spiro atoms. The summed E-state index contributed by atoms with van der Waals surface area (Å²) in [7, 11) is 0. The fourth-order valence-electron chi connectivity index (χ4n) is 6.64. The highest BCUT2D eigenvalue weighted by molar-refractivity contribution is 5.97. The van der Waals surface area contributed by atoms with Crippen LogP contribution in [-0.4, -0.2) is 83.0 Å². The van der Waals surface area contributed by atoms with Gasteiger partial charge in [0.2, 0.25) is 17.6 Å². The van der Waals surface area contributed by atoms with E-state index >= 15 is 0 Å². The zero-order chi connectivity index (χ0) is 36.5. The lowest BCUT2D eigenvalue weighted by Crippen LogP contribution is -2.48. The molecule has 3 amide bonds. The molecule has 2 aliphatic rings. The summed E-state index contributed by atoms with van der Waals surface area (Å²) in [5.74, 6) is 0.0574. The predicted octanol–water partition coefficient (Wildman–Crippen LogP) is 5.79. The van der Waals surface area contributed by atoms with Crippen molar-refractivity contribution in [2.24, 2.45) is 11.8 Å². The average Bonchev–Trinajstić information content (AvgIpc) is 3.70. The van der Waals surface area contributed by atoms with Crippen LogP contribution in [0.2, 0.25) is 0 Å². The van der Waals surface area contributed by atoms with Crippen molar-refractivity contribution in [1.82, 2.24) is 31.3 Å². The third-order valence-electron chi connectivity index (χ3n) is 9.51. The number of carbonyl (C=O) groups is 3. The fourth-order valence-corrected chi connectivity index (χ4v) is 6.64. The number of alkyl carbamates (subject to hydrolysis) is 1. The molecule has 0 radical (unpaired) electrons. The van der Waals surface area contributed by atoms with E-state index in [2.05, 4.69) is 77.9 Å². The number of carbonyl (C=O) groups excluding carboxylic acids is 3. The number of morpholine rings is 1. The normalized spacial score (nSPS) is 17.9. The highest BCUT2D eigenvalue weighted by Crippen LogP contribution is 2.29. The molecule has 1 aliphatic heterocycles. The van der Waals surface area contributed by atoms with Crippen molar-refractivity contribution >= 4 is 41.7 Å². The van der Waals surface area contributed by atoms with Gasteiger partial charge in [-0.2, -0.15) is 5.21 Å². The number of nitrogens with zero attached hydrogens (tertiary/aromatic N) is 4. The molecule has 4 aromatic rings. The topological polar surface area (TPSA) is 163 Å². The molecule has 2 fully saturated rings. The second kappa shape index (κ2) is 18.2. The van der Waals surface area contributed by atoms with Gasteiger partial charge in [0.25, 0.3) is 0 Å². The molecular formula is C39H49ClN8O5. The lowest BCUT2D eigenvalue weighted by molar-refractivity contribution is -0.130. The third kappa shape index (κ3) is 11.2. The van der Waals surface area contributed by atoms with Crippen LogP contribution in [0.5, 0.6) is 0 Å². The van der Waals surface area contributed by atoms with Gasteiger partial charge in [0, 0.05) is 48.9 Å². The molecule has 1 atom stereocenters. The molecule has 1 saturated carbocycles. The Morgan fingerprint density at radius 3 is 2.11 bits per heavy atom. The van der Waals surface area contributed by atoms with Crippen LogP contribution < -0.4 is 20.9 Å². The SMILES string of the molecule is CC(C)(C)OC(=O)NCC1CCC(C(=O)N[C@@H](Cc2ccc(-c3ccc(N4CCOCC4)cc3)cc2)C(=O)Nc2ccc(-c3nn[nH]n3)cc2)CC1.Cl. The lowest BCUT2D eigenvalue weighted by Gasteiger charge is -2.29. The van der Waals surface area contributed by atoms with E-state index in [9.17, 15) is 14.4 Å². The zero-order valence-electron chi connectivity index (χ0n) is 30.5. The van der Waals surface area contributed by atoms with Crippen LogP contribution in [0.4, 0.5) is 16.2 Å². The summed E-state index contributed by atoms with van der Waals surface area (Å²) < 4.78 is 10.8. The van der Waals surface area contributed by atoms with Crippen molar-refractivity contribution in [3.05, 3.63) is 78.4 Å². The number of benzene rings is 3. The number of tetrazole rings is 1. The van der Waals surface area contributed by atoms with Gasteiger partial charge in [-0.25, -0.2) is 4.79 Å². The first-order valence-corrected chi connectivity index (χ1v) is 18.0. The Labute approximate surface area is 316 Å². The van der Waals surface area contributed by atoms with Crippen LogP contribution in [0.15, 0.2) is 72.8 Å². The van der Waals surface area contributed by atoms with Crippen LogP contribution in [0.1, 0.15) is 52.0 Å². The second-order valence-corrected chi connectivity index (χ2v) is 14.5. The third-order valence-corrected chi connectivity index (χ3v) is 9.51. The van der Waals surface area contributed by atoms with Crippen LogP contribution in [-0.2, 0) is 25.5 Å². The van der Waals surface area contributed by atoms with Gasteiger partial charge in [-0.15, -0.1) is 22.6 Å². The molecular weight excluding hydrogens is 696 g/mol. The molecule has 0 unspecified atom stereocenters. The van der Waals surface area contributed by atoms with E-state index in [0.717, 1.165) is 61.4 Å². The predicted molar refractivity (Wildman–Crippen MR) is 206 cm³/mol. The molecule has 6 rings (SSSR count). The number of amides is 3. The summed E-state index contributed by atoms with van der Waals surface area (Å²) in [5.41, 5.74) is 5.07. The van der Waals surface area contributed by atoms with E-state index in [1.807, 2.05) is 32.9 Å². The summed E-state index contributed by atoms with van der Waals surface area (Å²) in [6.07, 6.45) is 2.85. The fraction of sp³-hybridized carbons (Fsp3) is 0.436. The minimum atomic E-state index is -0.797. The molecule has 3 aromatic carbocycles. The first-order chi connectivity index (χ1) is 25.1. The van der Waals surface area contributed by atoms with Gasteiger partial charge in [-0.1, -0.05) is 36.4 Å². The number of nitrogens with one attached hydrogen (secondary N) is 4. The van der Waals surface area contributed by atoms with E-state index in [4.69, 9.17) is 9.47 Å². The average molecular weight is 745 g/mol. The van der Waals surface area contributed by atoms with Crippen LogP contribution in [0, 0.1) is 11.8 Å². The number of rotatable bonds is 11. The van der Waals surface area contributed by atoms with E-state index in [-0.39, 0.29) is 36.1 Å². The molecule has 4 N–H and O–H groups in total. The largest absolute Gasteiger partial charge is 0.444 e. The van der Waals surface area contributed by atoms with Crippen molar-refractivity contribution in [2.45, 2.75) is 64.5 Å². The number of anilines is 2. The van der Waals surface area contributed by atoms with Gasteiger partial charge in [-0.05, 0) is 111 Å². The molecule has 1 aliphatic carbocycles. The molecule has 282 valence electrons. The number of ether oxygens (including phenoxy) is 2. The Hall–Kier alpha value is -5.01. The van der Waals surface area contributed by atoms with Crippen LogP contribution in [0.25, 0.3) is 22.5 Å². The highest BCUT2D eigenvalue weighted by Gasteiger charge is 2.30. The maximum absolute atomic E-state index is 13.8. The van der Waals surface area contributed by atoms with Gasteiger partial charge < -0.3 is 30.3 Å². The van der Waals surface area contributed by atoms with Gasteiger partial charge >= 0.3 is 6.09 Å². The molecule has 2 heterocycles. The summed E-state index contributed by atoms with van der Waals surface area (Å²) >= 11 is 0. The highest BCUT2D eigenvalue weighted by atomic mass is 35.5. The van der Waals surface area contributed by atoms with Gasteiger partial charge in [0.15, 0.2) is 0 Å². The summed E-state index contributed by atoms with van der Waals surface area (Å²) in [6, 6.07) is 23.0. The summed E-state index contributed by atoms with van der Waals surface area (Å²) in [6.45, 7) is 9.27. The molecule has 0 bridgehead atoms. The van der Waals surface area contributed by atoms with Crippen LogP contribution in [0.3, 0.4) is 0 Å². The Morgan fingerprint density at radius 2 is 1.51 bits per heavy atom. The quantitative estimate of drug-likeness (QED) is 0.149. The summed E-state index contributed by atoms with van der Waals surface area (Å²) in [4.78, 5) is 41.8. The Bertz CT molecular complexity index is 1770. The van der Waals surface area contributed by atoms with Crippen molar-refractivity contribution in [2.75, 3.05) is 43.1 Å². The number of halogens is 1. The molecule has 53 heavy (non-hydrogen) atoms. The maximum atomic E-state index is 13.8. The number of aromatic nitrogens is 4. The van der Waals surface area contributed by atoms with Crippen molar-refractivity contribution < 1.29 is 23.9 Å². The van der Waals surface area contributed by atoms with Gasteiger partial charge in [-0.3, -0.25) is 9.59 Å². The molecule has 1 aromatic heterocycles. The van der Waals surface area contributed by atoms with Crippen molar-refractivity contribution in [3.8, 4) is 22.5 Å². The summed E-state index contributed by atoms with van der Waals surface area (Å²) in [5, 5.41) is 23.0. The Balaban J connectivity index is 0.00000541. The van der Waals surface area contributed by atoms with Gasteiger partial charge in [0.05, 0.1) is 13.2 Å². The van der Waals surface area contributed by atoms with E-state index in [1.165, 1.54) is 5.69 Å². The molecule has 1 saturated heterocycles. The Kier molecular flexibility index (Phi) is 13.4. The van der Waals surface area contributed by atoms with Crippen molar-refractivity contribution in [1.29, 1.82) is 0 Å². The zero-order valence-corrected chi connectivity index (χ0v) is 31.3. The number of hydrogen-bond acceptors (Lipinski definition) is 9. The number of H-pyrrole nitrogens is 1. The minimum absolute atomic E-state index is 0. The Morgan fingerprint density at radius 1 is 0.887 bits per heavy atom. The van der Waals surface area contributed by atoms with E-state index < -0.39 is 17.7 Å². The first-order valence-electron chi connectivity index (χ1n) is 18.0. The number of aromatic amines is 1. The standard InChI is InChI=1S/C39H48N8O5.ClH/c1-39(2,3)52-38(50)40-25-27-6-10-31(11-7-27)36(48)42-34(37(49)41-32-16-12-30(13-17-32)35-43-45-46-44-35)24-26-4-8-28(9-5-26)29-14-18-33(19-15-29)47-20-22-51-23-21-47;/h4-5,8-9,12-19,27,31,34H,6-7,10-11,20-25H2,1-3H3,(H,40,50)(H,41,49)(H,42,48)(H,43,44,45,46);1H/t27?,31?,34-;/m0./s1. The van der Waals surface area contributed by atoms with Crippen LogP contribution >= 0.6 is 12.4 Å². The molecule has 14 heteroatoms. The maximum Gasteiger partial charge on any atom is 0.407 e. The first kappa shape index (κ1) is 39.2. The monoisotopic (exact) mass is 744 g/mol. The molecule has 13 nitrogen and oxygen atoms in total. The van der Waals surface area contributed by atoms with Crippen molar-refractivity contribution in [3.63, 3.8) is 0 Å². The van der Waals surface area contributed by atoms with E-state index in [1.54, 1.807) is 24.3 Å². The minimum Gasteiger partial charge on any atom is -0.444 e. The second-order valence-electron chi connectivity index (χ2n) is 14.5. The van der Waals surface area contributed by atoms with Gasteiger partial charge in [0.1, 0.15) is 11.6 Å². The van der Waals surface area contributed by atoms with E-state index in [0.29, 0.717) is 37.3 Å². The number of hydrogen-bond donors (Lipinski definition) is 4.